The Morgan fingerprint density at radius 3 is 2.59 bits per heavy atom. The van der Waals surface area contributed by atoms with E-state index < -0.39 is 15.7 Å². The van der Waals surface area contributed by atoms with Gasteiger partial charge in [-0.15, -0.1) is 5.10 Å². The van der Waals surface area contributed by atoms with Gasteiger partial charge in [-0.2, -0.15) is 0 Å². The quantitative estimate of drug-likeness (QED) is 0.634. The highest BCUT2D eigenvalue weighted by atomic mass is 32.2. The Labute approximate surface area is 165 Å². The maximum atomic E-state index is 12.1. The number of ether oxygens (including phenoxy) is 2. The molecule has 1 aromatic heterocycles. The van der Waals surface area contributed by atoms with Crippen LogP contribution in [0.4, 0.5) is 6.01 Å². The number of benzene rings is 2. The summed E-state index contributed by atoms with van der Waals surface area (Å²) in [7, 11) is -3.29. The van der Waals surface area contributed by atoms with Crippen molar-refractivity contribution >= 4 is 27.8 Å². The summed E-state index contributed by atoms with van der Waals surface area (Å²) in [6.45, 7) is 0.180. The number of hydrogen-bond acceptors (Lipinski definition) is 8. The van der Waals surface area contributed by atoms with E-state index in [1.165, 1.54) is 18.2 Å². The van der Waals surface area contributed by atoms with Crippen molar-refractivity contribution in [2.45, 2.75) is 4.90 Å². The molecule has 148 valence electrons. The lowest BCUT2D eigenvalue weighted by Gasteiger charge is -1.99. The lowest BCUT2D eigenvalue weighted by Crippen LogP contribution is -2.07. The summed E-state index contributed by atoms with van der Waals surface area (Å²) >= 11 is 0. The number of aromatic nitrogens is 2. The van der Waals surface area contributed by atoms with Crippen molar-refractivity contribution in [1.82, 2.24) is 10.2 Å². The molecule has 0 bridgehead atoms. The van der Waals surface area contributed by atoms with Gasteiger partial charge in [-0.3, -0.25) is 10.1 Å². The van der Waals surface area contributed by atoms with Gasteiger partial charge in [0.2, 0.25) is 12.7 Å². The van der Waals surface area contributed by atoms with Crippen LogP contribution >= 0.6 is 0 Å². The zero-order chi connectivity index (χ0) is 20.4. The normalized spacial score (nSPS) is 13.0. The van der Waals surface area contributed by atoms with E-state index in [2.05, 4.69) is 15.5 Å². The van der Waals surface area contributed by atoms with E-state index in [1.54, 1.807) is 36.4 Å². The minimum Gasteiger partial charge on any atom is -0.454 e. The molecule has 0 radical (unpaired) electrons. The molecule has 1 amide bonds. The minimum atomic E-state index is -3.29. The smallest absolute Gasteiger partial charge is 0.322 e. The van der Waals surface area contributed by atoms with Crippen molar-refractivity contribution in [3.05, 3.63) is 54.1 Å². The van der Waals surface area contributed by atoms with Crippen LogP contribution in [0.5, 0.6) is 11.5 Å². The largest absolute Gasteiger partial charge is 0.454 e. The van der Waals surface area contributed by atoms with E-state index >= 15 is 0 Å². The van der Waals surface area contributed by atoms with E-state index in [4.69, 9.17) is 13.9 Å². The van der Waals surface area contributed by atoms with Gasteiger partial charge in [-0.25, -0.2) is 8.42 Å². The fourth-order valence-corrected chi connectivity index (χ4v) is 3.20. The molecular formula is C19H15N3O6S. The lowest BCUT2D eigenvalue weighted by molar-refractivity contribution is -0.112. The monoisotopic (exact) mass is 413 g/mol. The number of rotatable bonds is 5. The van der Waals surface area contributed by atoms with Crippen LogP contribution in [0, 0.1) is 0 Å². The summed E-state index contributed by atoms with van der Waals surface area (Å²) in [6, 6.07) is 11.2. The Morgan fingerprint density at radius 1 is 1.07 bits per heavy atom. The van der Waals surface area contributed by atoms with Crippen molar-refractivity contribution in [2.24, 2.45) is 0 Å². The maximum absolute atomic E-state index is 12.1. The molecule has 0 saturated heterocycles. The molecule has 1 N–H and O–H groups in total. The van der Waals surface area contributed by atoms with Gasteiger partial charge in [0.25, 0.3) is 5.91 Å². The number of sulfone groups is 1. The Balaban J connectivity index is 1.41. The average molecular weight is 413 g/mol. The first-order chi connectivity index (χ1) is 13.9. The van der Waals surface area contributed by atoms with Gasteiger partial charge < -0.3 is 13.9 Å². The molecular weight excluding hydrogens is 398 g/mol. The van der Waals surface area contributed by atoms with Crippen molar-refractivity contribution < 1.29 is 27.1 Å². The lowest BCUT2D eigenvalue weighted by atomic mass is 10.2. The summed E-state index contributed by atoms with van der Waals surface area (Å²) in [4.78, 5) is 12.3. The Bertz CT molecular complexity index is 1200. The Hall–Kier alpha value is -3.66. The number of fused-ring (bicyclic) bond motifs is 1. The molecule has 0 atom stereocenters. The van der Waals surface area contributed by atoms with E-state index in [1.807, 2.05) is 0 Å². The van der Waals surface area contributed by atoms with Crippen LogP contribution in [-0.4, -0.2) is 37.6 Å². The van der Waals surface area contributed by atoms with E-state index in [0.29, 0.717) is 17.1 Å². The van der Waals surface area contributed by atoms with Crippen LogP contribution < -0.4 is 14.8 Å². The van der Waals surface area contributed by atoms with E-state index in [9.17, 15) is 13.2 Å². The van der Waals surface area contributed by atoms with Crippen LogP contribution in [0.1, 0.15) is 5.56 Å². The summed E-state index contributed by atoms with van der Waals surface area (Å²) < 4.78 is 38.9. The van der Waals surface area contributed by atoms with Gasteiger partial charge >= 0.3 is 6.01 Å². The molecule has 0 aliphatic carbocycles. The average Bonchev–Trinajstić information content (AvgIpc) is 3.34. The molecule has 2 heterocycles. The van der Waals surface area contributed by atoms with Gasteiger partial charge in [-0.1, -0.05) is 11.2 Å². The minimum absolute atomic E-state index is 0.0764. The van der Waals surface area contributed by atoms with Crippen molar-refractivity contribution in [1.29, 1.82) is 0 Å². The van der Waals surface area contributed by atoms with Gasteiger partial charge in [0.05, 0.1) is 4.90 Å². The highest BCUT2D eigenvalue weighted by Crippen LogP contribution is 2.32. The third-order valence-corrected chi connectivity index (χ3v) is 5.14. The molecule has 0 saturated carbocycles. The van der Waals surface area contributed by atoms with Crippen molar-refractivity contribution in [3.63, 3.8) is 0 Å². The van der Waals surface area contributed by atoms with Crippen molar-refractivity contribution in [3.8, 4) is 23.0 Å². The summed E-state index contributed by atoms with van der Waals surface area (Å²) in [6.07, 6.45) is 4.06. The first-order valence-corrected chi connectivity index (χ1v) is 10.3. The number of anilines is 1. The zero-order valence-electron chi connectivity index (χ0n) is 15.2. The summed E-state index contributed by atoms with van der Waals surface area (Å²) in [5, 5.41) is 10.1. The van der Waals surface area contributed by atoms with Crippen molar-refractivity contribution in [2.75, 3.05) is 18.4 Å². The second-order valence-corrected chi connectivity index (χ2v) is 8.16. The first-order valence-electron chi connectivity index (χ1n) is 8.41. The Morgan fingerprint density at radius 2 is 1.83 bits per heavy atom. The second-order valence-electron chi connectivity index (χ2n) is 6.14. The van der Waals surface area contributed by atoms with Crippen LogP contribution in [0.2, 0.25) is 0 Å². The summed E-state index contributed by atoms with van der Waals surface area (Å²) in [5.41, 5.74) is 1.29. The third-order valence-electron chi connectivity index (χ3n) is 4.01. The number of nitrogens with zero attached hydrogens (tertiary/aromatic N) is 2. The molecule has 1 aliphatic heterocycles. The van der Waals surface area contributed by atoms with E-state index in [0.717, 1.165) is 11.8 Å². The van der Waals surface area contributed by atoms with Crippen LogP contribution in [-0.2, 0) is 14.6 Å². The Kier molecular flexibility index (Phi) is 4.77. The molecule has 29 heavy (non-hydrogen) atoms. The van der Waals surface area contributed by atoms with E-state index in [-0.39, 0.29) is 23.6 Å². The predicted octanol–water partition coefficient (Wildman–Crippen LogP) is 2.52. The van der Waals surface area contributed by atoms with Crippen LogP contribution in [0.15, 0.2) is 57.9 Å². The molecule has 4 rings (SSSR count). The fraction of sp³-hybridized carbons (Fsp3) is 0.105. The van der Waals surface area contributed by atoms with Crippen LogP contribution in [0.25, 0.3) is 17.5 Å². The maximum Gasteiger partial charge on any atom is 0.322 e. The fourth-order valence-electron chi connectivity index (χ4n) is 2.57. The highest BCUT2D eigenvalue weighted by molar-refractivity contribution is 7.90. The molecule has 2 aromatic carbocycles. The molecule has 0 fully saturated rings. The molecule has 10 heteroatoms. The molecule has 1 aliphatic rings. The molecule has 0 unspecified atom stereocenters. The van der Waals surface area contributed by atoms with Gasteiger partial charge in [0.15, 0.2) is 21.3 Å². The number of amides is 1. The SMILES string of the molecule is CS(=O)(=O)c1ccc(-c2nnc(NC(=O)C=Cc3ccc4c(c3)OCO4)o2)cc1. The summed E-state index contributed by atoms with van der Waals surface area (Å²) in [5.74, 6) is 0.982. The third kappa shape index (κ3) is 4.27. The van der Waals surface area contributed by atoms with Crippen LogP contribution in [0.3, 0.4) is 0 Å². The topological polar surface area (TPSA) is 121 Å². The van der Waals surface area contributed by atoms with Gasteiger partial charge in [-0.05, 0) is 48.0 Å². The zero-order valence-corrected chi connectivity index (χ0v) is 16.0. The molecule has 0 spiro atoms. The molecule has 3 aromatic rings. The van der Waals surface area contributed by atoms with Gasteiger partial charge in [0, 0.05) is 17.9 Å². The number of hydrogen-bond donors (Lipinski definition) is 1. The number of nitrogens with one attached hydrogen (secondary N) is 1. The molecule has 9 nitrogen and oxygen atoms in total. The standard InChI is InChI=1S/C19H15N3O6S/c1-29(24,25)14-6-4-13(5-7-14)18-21-22-19(28-18)20-17(23)9-3-12-2-8-15-16(10-12)27-11-26-15/h2-10H,11H2,1H3,(H,20,22,23). The predicted molar refractivity (Wildman–Crippen MR) is 103 cm³/mol. The number of carbonyl (C=O) groups is 1. The number of carbonyl (C=O) groups excluding carboxylic acids is 1. The van der Waals surface area contributed by atoms with Gasteiger partial charge in [0.1, 0.15) is 0 Å². The second kappa shape index (κ2) is 7.40. The highest BCUT2D eigenvalue weighted by Gasteiger charge is 2.14. The first kappa shape index (κ1) is 18.7.